The van der Waals surface area contributed by atoms with E-state index >= 15 is 0 Å². The summed E-state index contributed by atoms with van der Waals surface area (Å²) < 4.78 is 0. The van der Waals surface area contributed by atoms with Crippen LogP contribution in [0, 0.1) is 11.8 Å². The van der Waals surface area contributed by atoms with E-state index in [0.717, 1.165) is 24.8 Å². The Bertz CT molecular complexity index is 260. The Balaban J connectivity index is 0.00000191. The minimum Gasteiger partial charge on any atom is -0.346 e. The van der Waals surface area contributed by atoms with Gasteiger partial charge in [-0.3, -0.25) is 4.79 Å². The van der Waals surface area contributed by atoms with Crippen molar-refractivity contribution in [2.24, 2.45) is 11.8 Å². The molecule has 0 aromatic rings. The molecule has 1 aliphatic heterocycles. The number of rotatable bonds is 7. The minimum atomic E-state index is 0.265. The van der Waals surface area contributed by atoms with Crippen molar-refractivity contribution in [3.05, 3.63) is 0 Å². The third-order valence-electron chi connectivity index (χ3n) is 4.57. The van der Waals surface area contributed by atoms with Crippen molar-refractivity contribution in [1.82, 2.24) is 9.80 Å². The fraction of sp³-hybridized carbons (Fsp3) is 0.944. The molecule has 1 saturated heterocycles. The molecule has 3 heteroatoms. The molecule has 0 aromatic heterocycles. The van der Waals surface area contributed by atoms with E-state index in [1.807, 2.05) is 32.7 Å². The first-order valence-electron chi connectivity index (χ1n) is 9.03. The molecular formula is C18H38N2O. The van der Waals surface area contributed by atoms with Crippen LogP contribution in [0.4, 0.5) is 0 Å². The Labute approximate surface area is 133 Å². The Kier molecular flexibility index (Phi) is 11.7. The van der Waals surface area contributed by atoms with Crippen LogP contribution in [0.5, 0.6) is 0 Å². The van der Waals surface area contributed by atoms with Crippen molar-refractivity contribution >= 4 is 5.91 Å². The normalized spacial score (nSPS) is 17.8. The second-order valence-corrected chi connectivity index (χ2v) is 6.21. The smallest absolute Gasteiger partial charge is 0.222 e. The molecule has 126 valence electrons. The Morgan fingerprint density at radius 1 is 1.24 bits per heavy atom. The van der Waals surface area contributed by atoms with E-state index in [1.165, 1.54) is 38.9 Å². The number of likely N-dealkylation sites (tertiary alicyclic amines) is 1. The van der Waals surface area contributed by atoms with E-state index in [0.29, 0.717) is 6.42 Å². The molecular weight excluding hydrogens is 260 g/mol. The third-order valence-corrected chi connectivity index (χ3v) is 4.57. The van der Waals surface area contributed by atoms with Gasteiger partial charge < -0.3 is 9.80 Å². The van der Waals surface area contributed by atoms with Gasteiger partial charge in [0.05, 0.1) is 0 Å². The maximum Gasteiger partial charge on any atom is 0.222 e. The Morgan fingerprint density at radius 3 is 2.29 bits per heavy atom. The molecule has 1 rings (SSSR count). The van der Waals surface area contributed by atoms with E-state index in [2.05, 4.69) is 18.7 Å². The highest BCUT2D eigenvalue weighted by atomic mass is 16.2. The highest BCUT2D eigenvalue weighted by Crippen LogP contribution is 2.19. The number of piperidine rings is 1. The second-order valence-electron chi connectivity index (χ2n) is 6.21. The SMILES string of the molecule is CC.CCC(=O)N(C)CCC(CC)CN1CCC(C)CC1. The van der Waals surface area contributed by atoms with E-state index in [1.54, 1.807) is 0 Å². The van der Waals surface area contributed by atoms with E-state index in [4.69, 9.17) is 0 Å². The summed E-state index contributed by atoms with van der Waals surface area (Å²) in [4.78, 5) is 16.1. The molecule has 0 aliphatic carbocycles. The average Bonchev–Trinajstić information content (AvgIpc) is 2.54. The number of carbonyl (C=O) groups excluding carboxylic acids is 1. The molecule has 21 heavy (non-hydrogen) atoms. The number of carbonyl (C=O) groups is 1. The van der Waals surface area contributed by atoms with Crippen LogP contribution in [0.3, 0.4) is 0 Å². The molecule has 1 aliphatic rings. The minimum absolute atomic E-state index is 0.265. The standard InChI is InChI=1S/C16H32N2O.C2H6/c1-5-15(9-10-17(4)16(19)6-2)13-18-11-7-14(3)8-12-18;1-2/h14-15H,5-13H2,1-4H3;1-2H3. The first kappa shape index (κ1) is 20.4. The predicted octanol–water partition coefficient (Wildman–Crippen LogP) is 4.03. The maximum atomic E-state index is 11.6. The quantitative estimate of drug-likeness (QED) is 0.708. The van der Waals surface area contributed by atoms with Crippen molar-refractivity contribution in [3.8, 4) is 0 Å². The number of hydrogen-bond donors (Lipinski definition) is 0. The molecule has 0 bridgehead atoms. The Hall–Kier alpha value is -0.570. The molecule has 1 heterocycles. The molecule has 0 radical (unpaired) electrons. The summed E-state index contributed by atoms with van der Waals surface area (Å²) in [6, 6.07) is 0. The monoisotopic (exact) mass is 298 g/mol. The van der Waals surface area contributed by atoms with Crippen LogP contribution in [0.1, 0.15) is 66.7 Å². The van der Waals surface area contributed by atoms with Crippen LogP contribution in [-0.2, 0) is 4.79 Å². The summed E-state index contributed by atoms with van der Waals surface area (Å²) in [5.41, 5.74) is 0. The van der Waals surface area contributed by atoms with E-state index in [-0.39, 0.29) is 5.91 Å². The van der Waals surface area contributed by atoms with Crippen molar-refractivity contribution in [1.29, 1.82) is 0 Å². The summed E-state index contributed by atoms with van der Waals surface area (Å²) in [6.07, 6.45) is 5.69. The van der Waals surface area contributed by atoms with Crippen LogP contribution in [0.2, 0.25) is 0 Å². The third kappa shape index (κ3) is 8.45. The highest BCUT2D eigenvalue weighted by Gasteiger charge is 2.19. The van der Waals surface area contributed by atoms with E-state index < -0.39 is 0 Å². The van der Waals surface area contributed by atoms with Gasteiger partial charge in [0.15, 0.2) is 0 Å². The fourth-order valence-electron chi connectivity index (χ4n) is 2.81. The molecule has 0 spiro atoms. The number of hydrogen-bond acceptors (Lipinski definition) is 2. The lowest BCUT2D eigenvalue weighted by atomic mass is 9.96. The molecule has 3 nitrogen and oxygen atoms in total. The van der Waals surface area contributed by atoms with Crippen LogP contribution in [0.15, 0.2) is 0 Å². The van der Waals surface area contributed by atoms with Crippen LogP contribution < -0.4 is 0 Å². The second kappa shape index (κ2) is 12.0. The summed E-state index contributed by atoms with van der Waals surface area (Å²) in [6.45, 7) is 15.2. The van der Waals surface area contributed by atoms with Crippen molar-refractivity contribution in [2.75, 3.05) is 33.2 Å². The largest absolute Gasteiger partial charge is 0.346 e. The lowest BCUT2D eigenvalue weighted by Crippen LogP contribution is -2.37. The molecule has 1 amide bonds. The van der Waals surface area contributed by atoms with Crippen LogP contribution in [0.25, 0.3) is 0 Å². The van der Waals surface area contributed by atoms with Gasteiger partial charge in [0.1, 0.15) is 0 Å². The van der Waals surface area contributed by atoms with Gasteiger partial charge in [-0.1, -0.05) is 41.0 Å². The zero-order valence-electron chi connectivity index (χ0n) is 15.3. The Morgan fingerprint density at radius 2 is 1.81 bits per heavy atom. The van der Waals surface area contributed by atoms with Gasteiger partial charge in [-0.05, 0) is 44.2 Å². The first-order chi connectivity index (χ1) is 10.1. The van der Waals surface area contributed by atoms with Gasteiger partial charge >= 0.3 is 0 Å². The van der Waals surface area contributed by atoms with Crippen molar-refractivity contribution in [3.63, 3.8) is 0 Å². The fourth-order valence-corrected chi connectivity index (χ4v) is 2.81. The highest BCUT2D eigenvalue weighted by molar-refractivity contribution is 5.75. The average molecular weight is 299 g/mol. The van der Waals surface area contributed by atoms with Crippen molar-refractivity contribution < 1.29 is 4.79 Å². The molecule has 1 unspecified atom stereocenters. The van der Waals surface area contributed by atoms with Crippen LogP contribution >= 0.6 is 0 Å². The summed E-state index contributed by atoms with van der Waals surface area (Å²) >= 11 is 0. The molecule has 1 fully saturated rings. The lowest BCUT2D eigenvalue weighted by molar-refractivity contribution is -0.129. The summed E-state index contributed by atoms with van der Waals surface area (Å²) in [7, 11) is 1.93. The zero-order valence-corrected chi connectivity index (χ0v) is 15.3. The molecule has 0 N–H and O–H groups in total. The lowest BCUT2D eigenvalue weighted by Gasteiger charge is -2.33. The first-order valence-corrected chi connectivity index (χ1v) is 9.03. The number of amides is 1. The zero-order chi connectivity index (χ0) is 16.3. The van der Waals surface area contributed by atoms with Crippen molar-refractivity contribution in [2.45, 2.75) is 66.7 Å². The van der Waals surface area contributed by atoms with Gasteiger partial charge in [0.2, 0.25) is 5.91 Å². The molecule has 0 saturated carbocycles. The van der Waals surface area contributed by atoms with Gasteiger partial charge in [-0.2, -0.15) is 0 Å². The van der Waals surface area contributed by atoms with Gasteiger partial charge in [0.25, 0.3) is 0 Å². The van der Waals surface area contributed by atoms with Gasteiger partial charge in [-0.15, -0.1) is 0 Å². The topological polar surface area (TPSA) is 23.6 Å². The van der Waals surface area contributed by atoms with Gasteiger partial charge in [-0.25, -0.2) is 0 Å². The van der Waals surface area contributed by atoms with E-state index in [9.17, 15) is 4.79 Å². The molecule has 0 aromatic carbocycles. The van der Waals surface area contributed by atoms with Crippen LogP contribution in [-0.4, -0.2) is 48.9 Å². The maximum absolute atomic E-state index is 11.6. The summed E-state index contributed by atoms with van der Waals surface area (Å²) in [5.74, 6) is 1.91. The predicted molar refractivity (Wildman–Crippen MR) is 92.5 cm³/mol. The van der Waals surface area contributed by atoms with Gasteiger partial charge in [0, 0.05) is 26.6 Å². The molecule has 1 atom stereocenters. The summed E-state index contributed by atoms with van der Waals surface area (Å²) in [5, 5.41) is 0. The number of nitrogens with zero attached hydrogens (tertiary/aromatic N) is 2.